The highest BCUT2D eigenvalue weighted by Gasteiger charge is 2.19. The highest BCUT2D eigenvalue weighted by Crippen LogP contribution is 2.08. The van der Waals surface area contributed by atoms with Crippen LogP contribution < -0.4 is 5.73 Å². The Labute approximate surface area is 75.5 Å². The van der Waals surface area contributed by atoms with Crippen LogP contribution >= 0.6 is 0 Å². The minimum Gasteiger partial charge on any atom is -0.316 e. The van der Waals surface area contributed by atoms with Gasteiger partial charge in [-0.3, -0.25) is 4.90 Å². The van der Waals surface area contributed by atoms with Crippen LogP contribution in [0.25, 0.3) is 0 Å². The van der Waals surface area contributed by atoms with Crippen molar-refractivity contribution in [1.82, 2.24) is 9.80 Å². The Kier molecular flexibility index (Phi) is 3.50. The van der Waals surface area contributed by atoms with E-state index in [0.717, 1.165) is 13.1 Å². The number of likely N-dealkylation sites (N-methyl/N-ethyl adjacent to an activating group) is 1. The van der Waals surface area contributed by atoms with Gasteiger partial charge in [0.2, 0.25) is 0 Å². The van der Waals surface area contributed by atoms with Crippen molar-refractivity contribution in [2.24, 2.45) is 5.73 Å². The lowest BCUT2D eigenvalue weighted by Gasteiger charge is -2.28. The summed E-state index contributed by atoms with van der Waals surface area (Å²) in [5.41, 5.74) is 5.85. The van der Waals surface area contributed by atoms with Gasteiger partial charge in [0.1, 0.15) is 0 Å². The van der Waals surface area contributed by atoms with E-state index in [1.807, 2.05) is 0 Å². The summed E-state index contributed by atoms with van der Waals surface area (Å²) in [6.07, 6.45) is 1.45. The van der Waals surface area contributed by atoms with Crippen molar-refractivity contribution in [1.29, 1.82) is 0 Å². The van der Waals surface area contributed by atoms with Gasteiger partial charge >= 0.3 is 0 Å². The van der Waals surface area contributed by atoms with Crippen LogP contribution in [0, 0.1) is 0 Å². The van der Waals surface area contributed by atoms with E-state index in [4.69, 9.17) is 5.73 Å². The third kappa shape index (κ3) is 2.44. The van der Waals surface area contributed by atoms with Gasteiger partial charge in [-0.25, -0.2) is 0 Å². The zero-order valence-corrected chi connectivity index (χ0v) is 8.45. The first kappa shape index (κ1) is 9.96. The molecular formula is C9H21N3. The van der Waals surface area contributed by atoms with Gasteiger partial charge in [-0.15, -0.1) is 0 Å². The Morgan fingerprint density at radius 3 is 2.67 bits per heavy atom. The van der Waals surface area contributed by atoms with Gasteiger partial charge in [0.25, 0.3) is 0 Å². The summed E-state index contributed by atoms with van der Waals surface area (Å²) >= 11 is 0. The fourth-order valence-electron chi connectivity index (χ4n) is 1.68. The molecule has 0 amide bonds. The molecule has 0 aromatic carbocycles. The standard InChI is InChI=1S/C9H21N3/c1-8-7-12(9(2)10)6-4-5-11(8)3/h8-9H,4-7,10H2,1-3H3. The molecule has 3 heteroatoms. The van der Waals surface area contributed by atoms with Crippen molar-refractivity contribution < 1.29 is 0 Å². The first-order chi connectivity index (χ1) is 5.61. The van der Waals surface area contributed by atoms with E-state index in [9.17, 15) is 0 Å². The van der Waals surface area contributed by atoms with E-state index in [1.54, 1.807) is 0 Å². The molecule has 0 bridgehead atoms. The topological polar surface area (TPSA) is 32.5 Å². The molecule has 72 valence electrons. The van der Waals surface area contributed by atoms with Crippen LogP contribution in [0.15, 0.2) is 0 Å². The summed E-state index contributed by atoms with van der Waals surface area (Å²) in [6, 6.07) is 0.637. The lowest BCUT2D eigenvalue weighted by Crippen LogP contribution is -2.44. The summed E-state index contributed by atoms with van der Waals surface area (Å²) in [4.78, 5) is 4.76. The van der Waals surface area contributed by atoms with Crippen molar-refractivity contribution in [2.75, 3.05) is 26.7 Å². The predicted molar refractivity (Wildman–Crippen MR) is 51.9 cm³/mol. The SMILES string of the molecule is CC1CN(C(C)N)CCCN1C. The van der Waals surface area contributed by atoms with Gasteiger partial charge in [-0.2, -0.15) is 0 Å². The average Bonchev–Trinajstić information content (AvgIpc) is 2.15. The maximum Gasteiger partial charge on any atom is 0.0543 e. The van der Waals surface area contributed by atoms with Crippen LogP contribution in [0.3, 0.4) is 0 Å². The van der Waals surface area contributed by atoms with E-state index in [-0.39, 0.29) is 6.17 Å². The summed E-state index contributed by atoms with van der Waals surface area (Å²) in [5, 5.41) is 0. The first-order valence-electron chi connectivity index (χ1n) is 4.81. The van der Waals surface area contributed by atoms with Crippen LogP contribution in [-0.4, -0.2) is 48.7 Å². The molecule has 0 saturated carbocycles. The normalized spacial score (nSPS) is 31.5. The highest BCUT2D eigenvalue weighted by molar-refractivity contribution is 4.75. The smallest absolute Gasteiger partial charge is 0.0543 e. The molecule has 1 fully saturated rings. The molecule has 0 aromatic rings. The van der Waals surface area contributed by atoms with Gasteiger partial charge in [-0.1, -0.05) is 0 Å². The van der Waals surface area contributed by atoms with Crippen LogP contribution in [0.4, 0.5) is 0 Å². The lowest BCUT2D eigenvalue weighted by atomic mass is 10.3. The molecule has 0 aromatic heterocycles. The maximum atomic E-state index is 5.85. The van der Waals surface area contributed by atoms with Crippen LogP contribution in [0.5, 0.6) is 0 Å². The van der Waals surface area contributed by atoms with Gasteiger partial charge < -0.3 is 10.6 Å². The molecule has 1 aliphatic heterocycles. The molecule has 1 heterocycles. The second-order valence-electron chi connectivity index (χ2n) is 3.92. The molecule has 1 rings (SSSR count). The van der Waals surface area contributed by atoms with E-state index in [0.29, 0.717) is 6.04 Å². The van der Waals surface area contributed by atoms with Crippen molar-refractivity contribution in [3.05, 3.63) is 0 Å². The second-order valence-corrected chi connectivity index (χ2v) is 3.92. The minimum absolute atomic E-state index is 0.207. The summed E-state index contributed by atoms with van der Waals surface area (Å²) < 4.78 is 0. The van der Waals surface area contributed by atoms with Crippen molar-refractivity contribution >= 4 is 0 Å². The molecule has 12 heavy (non-hydrogen) atoms. The van der Waals surface area contributed by atoms with Gasteiger partial charge in [0.15, 0.2) is 0 Å². The largest absolute Gasteiger partial charge is 0.316 e. The third-order valence-corrected chi connectivity index (χ3v) is 2.78. The van der Waals surface area contributed by atoms with Gasteiger partial charge in [0.05, 0.1) is 6.17 Å². The Balaban J connectivity index is 2.48. The predicted octanol–water partition coefficient (Wildman–Crippen LogP) is 0.317. The zero-order chi connectivity index (χ0) is 9.14. The third-order valence-electron chi connectivity index (χ3n) is 2.78. The molecule has 2 atom stereocenters. The molecule has 2 N–H and O–H groups in total. The Hall–Kier alpha value is -0.120. The highest BCUT2D eigenvalue weighted by atomic mass is 15.3. The molecule has 2 unspecified atom stereocenters. The number of hydrogen-bond acceptors (Lipinski definition) is 3. The number of hydrogen-bond donors (Lipinski definition) is 1. The Morgan fingerprint density at radius 2 is 2.08 bits per heavy atom. The van der Waals surface area contributed by atoms with Gasteiger partial charge in [-0.05, 0) is 33.9 Å². The zero-order valence-electron chi connectivity index (χ0n) is 8.45. The van der Waals surface area contributed by atoms with Gasteiger partial charge in [0, 0.05) is 19.1 Å². The monoisotopic (exact) mass is 171 g/mol. The molecule has 3 nitrogen and oxygen atoms in total. The summed E-state index contributed by atoms with van der Waals surface area (Å²) in [7, 11) is 2.19. The molecule has 0 radical (unpaired) electrons. The van der Waals surface area contributed by atoms with E-state index >= 15 is 0 Å². The van der Waals surface area contributed by atoms with E-state index in [1.165, 1.54) is 13.0 Å². The van der Waals surface area contributed by atoms with E-state index < -0.39 is 0 Å². The fraction of sp³-hybridized carbons (Fsp3) is 1.00. The quantitative estimate of drug-likeness (QED) is 0.616. The van der Waals surface area contributed by atoms with Crippen molar-refractivity contribution in [2.45, 2.75) is 32.5 Å². The number of rotatable bonds is 1. The number of nitrogens with zero attached hydrogens (tertiary/aromatic N) is 2. The van der Waals surface area contributed by atoms with Crippen LogP contribution in [-0.2, 0) is 0 Å². The summed E-state index contributed by atoms with van der Waals surface area (Å²) in [5.74, 6) is 0. The Bertz CT molecular complexity index is 136. The molecular weight excluding hydrogens is 150 g/mol. The van der Waals surface area contributed by atoms with E-state index in [2.05, 4.69) is 30.7 Å². The molecule has 1 saturated heterocycles. The molecule has 1 aliphatic rings. The average molecular weight is 171 g/mol. The molecule has 0 spiro atoms. The van der Waals surface area contributed by atoms with Crippen molar-refractivity contribution in [3.8, 4) is 0 Å². The van der Waals surface area contributed by atoms with Crippen LogP contribution in [0.2, 0.25) is 0 Å². The van der Waals surface area contributed by atoms with Crippen LogP contribution in [0.1, 0.15) is 20.3 Å². The second kappa shape index (κ2) is 4.21. The Morgan fingerprint density at radius 1 is 1.42 bits per heavy atom. The fourth-order valence-corrected chi connectivity index (χ4v) is 1.68. The first-order valence-corrected chi connectivity index (χ1v) is 4.81. The maximum absolute atomic E-state index is 5.85. The minimum atomic E-state index is 0.207. The summed E-state index contributed by atoms with van der Waals surface area (Å²) in [6.45, 7) is 7.78. The van der Waals surface area contributed by atoms with Crippen molar-refractivity contribution in [3.63, 3.8) is 0 Å². The lowest BCUT2D eigenvalue weighted by molar-refractivity contribution is 0.184. The number of nitrogens with two attached hydrogens (primary N) is 1. The molecule has 0 aliphatic carbocycles.